The highest BCUT2D eigenvalue weighted by Gasteiger charge is 2.17. The molecule has 0 fully saturated rings. The first-order valence-electron chi connectivity index (χ1n) is 4.42. The molecule has 74 valence electrons. The summed E-state index contributed by atoms with van der Waals surface area (Å²) in [5.41, 5.74) is 6.85. The van der Waals surface area contributed by atoms with Crippen molar-refractivity contribution in [3.05, 3.63) is 17.7 Å². The Morgan fingerprint density at radius 3 is 2.54 bits per heavy atom. The first-order chi connectivity index (χ1) is 6.07. The molecule has 0 aliphatic heterocycles. The fraction of sp³-hybridized carbons (Fsp3) is 0.667. The molecule has 0 amide bonds. The Labute approximate surface area is 79.4 Å². The maximum Gasteiger partial charge on any atom is 0.127 e. The lowest BCUT2D eigenvalue weighted by atomic mass is 10.2. The van der Waals surface area contributed by atoms with Crippen LogP contribution in [0.15, 0.2) is 6.20 Å². The van der Waals surface area contributed by atoms with Gasteiger partial charge in [-0.25, -0.2) is 4.98 Å². The van der Waals surface area contributed by atoms with Crippen molar-refractivity contribution in [2.24, 2.45) is 12.8 Å². The molecule has 1 rings (SSSR count). The number of rotatable bonds is 3. The van der Waals surface area contributed by atoms with Gasteiger partial charge in [0.1, 0.15) is 5.82 Å². The van der Waals surface area contributed by atoms with Crippen molar-refractivity contribution < 1.29 is 0 Å². The van der Waals surface area contributed by atoms with E-state index in [9.17, 15) is 0 Å². The van der Waals surface area contributed by atoms with Gasteiger partial charge >= 0.3 is 0 Å². The predicted octanol–water partition coefficient (Wildman–Crippen LogP) is 0.290. The average Bonchev–Trinajstić information content (AvgIpc) is 2.37. The van der Waals surface area contributed by atoms with E-state index < -0.39 is 0 Å². The number of hydrogen-bond donors (Lipinski definition) is 1. The van der Waals surface area contributed by atoms with Crippen LogP contribution < -0.4 is 5.73 Å². The lowest BCUT2D eigenvalue weighted by Crippen LogP contribution is -2.29. The van der Waals surface area contributed by atoms with Crippen LogP contribution in [0, 0.1) is 6.92 Å². The van der Waals surface area contributed by atoms with Gasteiger partial charge < -0.3 is 10.3 Å². The fourth-order valence-corrected chi connectivity index (χ4v) is 1.37. The number of likely N-dealkylation sites (N-methyl/N-ethyl adjacent to an activating group) is 1. The smallest absolute Gasteiger partial charge is 0.127 e. The molecule has 1 aromatic rings. The van der Waals surface area contributed by atoms with Crippen LogP contribution in [0.25, 0.3) is 0 Å². The van der Waals surface area contributed by atoms with Crippen molar-refractivity contribution in [3.8, 4) is 0 Å². The van der Waals surface area contributed by atoms with Crippen LogP contribution in [0.1, 0.15) is 17.6 Å². The van der Waals surface area contributed by atoms with E-state index in [2.05, 4.69) is 14.5 Å². The van der Waals surface area contributed by atoms with E-state index in [0.717, 1.165) is 11.5 Å². The Morgan fingerprint density at radius 1 is 1.62 bits per heavy atom. The molecule has 1 atom stereocenters. The minimum absolute atomic E-state index is 0.207. The molecule has 13 heavy (non-hydrogen) atoms. The summed E-state index contributed by atoms with van der Waals surface area (Å²) in [6.07, 6.45) is 1.88. The molecular formula is C9H18N4. The van der Waals surface area contributed by atoms with E-state index in [1.807, 2.05) is 34.3 Å². The van der Waals surface area contributed by atoms with E-state index in [0.29, 0.717) is 6.54 Å². The van der Waals surface area contributed by atoms with Gasteiger partial charge in [0.25, 0.3) is 0 Å². The maximum atomic E-state index is 5.69. The van der Waals surface area contributed by atoms with Crippen molar-refractivity contribution in [1.29, 1.82) is 0 Å². The fourth-order valence-electron chi connectivity index (χ4n) is 1.37. The summed E-state index contributed by atoms with van der Waals surface area (Å²) < 4.78 is 2.08. The van der Waals surface area contributed by atoms with Crippen LogP contribution in [-0.4, -0.2) is 35.1 Å². The molecule has 4 nitrogen and oxygen atoms in total. The largest absolute Gasteiger partial charge is 0.334 e. The van der Waals surface area contributed by atoms with Crippen molar-refractivity contribution in [1.82, 2.24) is 14.5 Å². The highest BCUT2D eigenvalue weighted by atomic mass is 15.2. The molecule has 0 aliphatic carbocycles. The molecule has 0 aliphatic rings. The first kappa shape index (κ1) is 10.2. The summed E-state index contributed by atoms with van der Waals surface area (Å²) in [7, 11) is 6.05. The van der Waals surface area contributed by atoms with Crippen molar-refractivity contribution in [3.63, 3.8) is 0 Å². The van der Waals surface area contributed by atoms with Crippen LogP contribution in [0.2, 0.25) is 0 Å². The molecule has 0 spiro atoms. The number of imidazole rings is 1. The van der Waals surface area contributed by atoms with Gasteiger partial charge in [0.2, 0.25) is 0 Å². The van der Waals surface area contributed by atoms with Gasteiger partial charge in [0, 0.05) is 25.5 Å². The van der Waals surface area contributed by atoms with Gasteiger partial charge in [-0.3, -0.25) is 4.90 Å². The number of nitrogens with zero attached hydrogens (tertiary/aromatic N) is 3. The molecule has 0 bridgehead atoms. The Hall–Kier alpha value is -0.870. The molecule has 0 saturated carbocycles. The third kappa shape index (κ3) is 1.89. The number of aryl methyl sites for hydroxylation is 1. The first-order valence-corrected chi connectivity index (χ1v) is 4.42. The number of hydrogen-bond acceptors (Lipinski definition) is 3. The van der Waals surface area contributed by atoms with Crippen molar-refractivity contribution >= 4 is 0 Å². The SMILES string of the molecule is Cc1cnc(C(CN)N(C)C)n1C. The summed E-state index contributed by atoms with van der Waals surface area (Å²) in [6.45, 7) is 2.64. The monoisotopic (exact) mass is 182 g/mol. The second-order valence-corrected chi connectivity index (χ2v) is 3.53. The molecular weight excluding hydrogens is 164 g/mol. The zero-order valence-electron chi connectivity index (χ0n) is 8.78. The summed E-state index contributed by atoms with van der Waals surface area (Å²) >= 11 is 0. The van der Waals surface area contributed by atoms with Gasteiger partial charge in [-0.05, 0) is 21.0 Å². The van der Waals surface area contributed by atoms with Crippen LogP contribution in [0.5, 0.6) is 0 Å². The highest BCUT2D eigenvalue weighted by molar-refractivity contribution is 5.06. The zero-order chi connectivity index (χ0) is 10.0. The Kier molecular flexibility index (Phi) is 3.06. The molecule has 2 N–H and O–H groups in total. The highest BCUT2D eigenvalue weighted by Crippen LogP contribution is 2.15. The maximum absolute atomic E-state index is 5.69. The molecule has 0 saturated heterocycles. The topological polar surface area (TPSA) is 47.1 Å². The van der Waals surface area contributed by atoms with Crippen LogP contribution in [-0.2, 0) is 7.05 Å². The van der Waals surface area contributed by atoms with Crippen LogP contribution >= 0.6 is 0 Å². The summed E-state index contributed by atoms with van der Waals surface area (Å²) in [4.78, 5) is 6.43. The minimum Gasteiger partial charge on any atom is -0.334 e. The Morgan fingerprint density at radius 2 is 2.23 bits per heavy atom. The van der Waals surface area contributed by atoms with Gasteiger partial charge in [0.05, 0.1) is 6.04 Å². The molecule has 1 aromatic heterocycles. The minimum atomic E-state index is 0.207. The number of nitrogens with two attached hydrogens (primary N) is 1. The normalized spacial score (nSPS) is 13.7. The molecule has 1 heterocycles. The van der Waals surface area contributed by atoms with Crippen molar-refractivity contribution in [2.75, 3.05) is 20.6 Å². The van der Waals surface area contributed by atoms with E-state index in [4.69, 9.17) is 5.73 Å². The molecule has 0 aromatic carbocycles. The third-order valence-electron chi connectivity index (χ3n) is 2.40. The van der Waals surface area contributed by atoms with Gasteiger partial charge in [-0.2, -0.15) is 0 Å². The standard InChI is InChI=1S/C9H18N4/c1-7-6-11-9(13(7)4)8(5-10)12(2)3/h6,8H,5,10H2,1-4H3. The quantitative estimate of drug-likeness (QED) is 0.731. The Balaban J connectivity index is 2.98. The van der Waals surface area contributed by atoms with Crippen LogP contribution in [0.3, 0.4) is 0 Å². The lowest BCUT2D eigenvalue weighted by molar-refractivity contribution is 0.288. The van der Waals surface area contributed by atoms with Gasteiger partial charge in [0.15, 0.2) is 0 Å². The summed E-state index contributed by atoms with van der Waals surface area (Å²) in [5, 5.41) is 0. The second kappa shape index (κ2) is 3.89. The number of aromatic nitrogens is 2. The average molecular weight is 182 g/mol. The van der Waals surface area contributed by atoms with E-state index >= 15 is 0 Å². The van der Waals surface area contributed by atoms with Crippen molar-refractivity contribution in [2.45, 2.75) is 13.0 Å². The molecule has 0 radical (unpaired) electrons. The Bertz CT molecular complexity index is 277. The van der Waals surface area contributed by atoms with E-state index in [1.165, 1.54) is 0 Å². The summed E-state index contributed by atoms with van der Waals surface area (Å²) in [5.74, 6) is 1.03. The molecule has 1 unspecified atom stereocenters. The molecule has 4 heteroatoms. The summed E-state index contributed by atoms with van der Waals surface area (Å²) in [6, 6.07) is 0.207. The van der Waals surface area contributed by atoms with Crippen LogP contribution in [0.4, 0.5) is 0 Å². The predicted molar refractivity (Wildman–Crippen MR) is 53.4 cm³/mol. The lowest BCUT2D eigenvalue weighted by Gasteiger charge is -2.22. The van der Waals surface area contributed by atoms with E-state index in [-0.39, 0.29) is 6.04 Å². The van der Waals surface area contributed by atoms with Gasteiger partial charge in [-0.15, -0.1) is 0 Å². The second-order valence-electron chi connectivity index (χ2n) is 3.53. The zero-order valence-corrected chi connectivity index (χ0v) is 8.78. The van der Waals surface area contributed by atoms with Gasteiger partial charge in [-0.1, -0.05) is 0 Å². The van der Waals surface area contributed by atoms with E-state index in [1.54, 1.807) is 0 Å². The third-order valence-corrected chi connectivity index (χ3v) is 2.40.